The van der Waals surface area contributed by atoms with E-state index in [9.17, 15) is 37.1 Å². The van der Waals surface area contributed by atoms with Crippen LogP contribution in [0, 0.1) is 40.9 Å². The van der Waals surface area contributed by atoms with Gasteiger partial charge in [0.2, 0.25) is 23.6 Å². The molecule has 0 aromatic carbocycles. The molecule has 2 heterocycles. The fraction of sp³-hybridized carbons (Fsp3) is 0.741. The second-order valence-electron chi connectivity index (χ2n) is 13.4. The van der Waals surface area contributed by atoms with Gasteiger partial charge in [-0.25, -0.2) is 0 Å². The Morgan fingerprint density at radius 2 is 1.75 bits per heavy atom. The van der Waals surface area contributed by atoms with Crippen LogP contribution in [0.3, 0.4) is 0 Å². The van der Waals surface area contributed by atoms with Gasteiger partial charge in [-0.2, -0.15) is 13.2 Å². The number of allylic oxidation sites excluding steroid dienone is 2. The maximum absolute atomic E-state index is 14.3. The lowest BCUT2D eigenvalue weighted by Crippen LogP contribution is -2.70. The molecule has 6 N–H and O–H groups in total. The molecule has 1 spiro atoms. The molecule has 10 nitrogen and oxygen atoms in total. The minimum absolute atomic E-state index is 0.0255. The number of amides is 5. The fourth-order valence-corrected chi connectivity index (χ4v) is 7.99. The van der Waals surface area contributed by atoms with Crippen molar-refractivity contribution in [3.05, 3.63) is 12.2 Å². The molecule has 5 aliphatic rings. The van der Waals surface area contributed by atoms with Gasteiger partial charge in [0.05, 0.1) is 5.92 Å². The molecule has 40 heavy (non-hydrogen) atoms. The Kier molecular flexibility index (Phi) is 6.35. The second kappa shape index (κ2) is 8.94. The van der Waals surface area contributed by atoms with Gasteiger partial charge in [-0.3, -0.25) is 24.0 Å². The number of rotatable bonds is 7. The number of carbonyl (C=O) groups excluding carboxylic acids is 5. The summed E-state index contributed by atoms with van der Waals surface area (Å²) in [4.78, 5) is 67.2. The first kappa shape index (κ1) is 28.4. The molecule has 5 amide bonds. The highest BCUT2D eigenvalue weighted by Gasteiger charge is 2.71. The third-order valence-corrected chi connectivity index (χ3v) is 9.92. The molecule has 2 saturated heterocycles. The number of hydrogen-bond donors (Lipinski definition) is 4. The standard InChI is InChI=1S/C27H36F3N5O5/c1-24(2,3)18(33-23(40)27(28,29)30)21(38)35-11-15-12-4-5-13(8-12)17(15)26(35,22(32)39)16(19(31)36)9-14-10-25(6-7-25)34-20(14)37/h4-5,12-18H,6-11H2,1-3H3,(H2,31,36)(H2,32,39)(H,33,40)(H,34,37)/t12?,13?,14-,15?,16-,17?,18-,26?/m1/s1. The SMILES string of the molecule is CC(C)(C)[C@H](NC(=O)C(F)(F)F)C(=O)N1CC2C3C=CC(C3)C2C1(C(N)=O)[C@H](C[C@@H]1CC2(CC2)NC1=O)C(N)=O. The molecule has 220 valence electrons. The molecule has 2 saturated carbocycles. The van der Waals surface area contributed by atoms with Crippen molar-refractivity contribution in [1.82, 2.24) is 15.5 Å². The van der Waals surface area contributed by atoms with Crippen molar-refractivity contribution in [3.63, 3.8) is 0 Å². The third-order valence-electron chi connectivity index (χ3n) is 9.92. The number of nitrogens with two attached hydrogens (primary N) is 2. The van der Waals surface area contributed by atoms with E-state index in [4.69, 9.17) is 11.5 Å². The summed E-state index contributed by atoms with van der Waals surface area (Å²) in [5.41, 5.74) is 8.53. The number of nitrogens with one attached hydrogen (secondary N) is 2. The molecular formula is C27H36F3N5O5. The zero-order chi connectivity index (χ0) is 29.6. The van der Waals surface area contributed by atoms with Gasteiger partial charge in [0, 0.05) is 23.9 Å². The van der Waals surface area contributed by atoms with Crippen LogP contribution in [-0.4, -0.2) is 64.3 Å². The zero-order valence-corrected chi connectivity index (χ0v) is 22.7. The second-order valence-corrected chi connectivity index (χ2v) is 13.4. The highest BCUT2D eigenvalue weighted by molar-refractivity contribution is 6.00. The van der Waals surface area contributed by atoms with E-state index in [1.165, 1.54) is 20.8 Å². The molecule has 4 fully saturated rings. The first-order chi connectivity index (χ1) is 18.4. The first-order valence-corrected chi connectivity index (χ1v) is 13.7. The Morgan fingerprint density at radius 1 is 1.12 bits per heavy atom. The van der Waals surface area contributed by atoms with Gasteiger partial charge in [0.1, 0.15) is 11.6 Å². The highest BCUT2D eigenvalue weighted by atomic mass is 19.4. The molecule has 0 aromatic heterocycles. The molecule has 0 radical (unpaired) electrons. The minimum atomic E-state index is -5.25. The van der Waals surface area contributed by atoms with Crippen molar-refractivity contribution < 1.29 is 37.1 Å². The number of alkyl halides is 3. The summed E-state index contributed by atoms with van der Waals surface area (Å²) < 4.78 is 39.8. The number of hydrogen-bond acceptors (Lipinski definition) is 5. The maximum Gasteiger partial charge on any atom is 0.471 e. The van der Waals surface area contributed by atoms with E-state index in [0.717, 1.165) is 17.7 Å². The van der Waals surface area contributed by atoms with Crippen LogP contribution in [-0.2, 0) is 24.0 Å². The molecule has 3 aliphatic carbocycles. The van der Waals surface area contributed by atoms with Gasteiger partial charge in [0.25, 0.3) is 0 Å². The zero-order valence-electron chi connectivity index (χ0n) is 22.7. The fourth-order valence-electron chi connectivity index (χ4n) is 7.99. The van der Waals surface area contributed by atoms with Crippen LogP contribution in [0.5, 0.6) is 0 Å². The van der Waals surface area contributed by atoms with E-state index in [-0.39, 0.29) is 42.2 Å². The van der Waals surface area contributed by atoms with Crippen LogP contribution in [0.4, 0.5) is 13.2 Å². The summed E-state index contributed by atoms with van der Waals surface area (Å²) in [5, 5.41) is 4.78. The Morgan fingerprint density at radius 3 is 2.25 bits per heavy atom. The van der Waals surface area contributed by atoms with Gasteiger partial charge >= 0.3 is 12.1 Å². The molecule has 0 aromatic rings. The summed E-state index contributed by atoms with van der Waals surface area (Å²) in [6.45, 7) is 4.43. The van der Waals surface area contributed by atoms with Gasteiger partial charge < -0.3 is 27.0 Å². The Hall–Kier alpha value is -3.12. The quantitative estimate of drug-likeness (QED) is 0.333. The Labute approximate surface area is 229 Å². The average molecular weight is 568 g/mol. The van der Waals surface area contributed by atoms with Crippen molar-refractivity contribution in [2.75, 3.05) is 6.54 Å². The van der Waals surface area contributed by atoms with E-state index < -0.39 is 64.6 Å². The monoisotopic (exact) mass is 567 g/mol. The van der Waals surface area contributed by atoms with E-state index >= 15 is 0 Å². The molecule has 13 heteroatoms. The molecule has 5 unspecified atom stereocenters. The number of halogens is 3. The molecule has 2 aliphatic heterocycles. The lowest BCUT2D eigenvalue weighted by Gasteiger charge is -2.47. The summed E-state index contributed by atoms with van der Waals surface area (Å²) in [6, 6.07) is -1.69. The van der Waals surface area contributed by atoms with Crippen molar-refractivity contribution in [1.29, 1.82) is 0 Å². The average Bonchev–Trinajstić information content (AvgIpc) is 3.18. The number of fused-ring (bicyclic) bond motifs is 5. The number of primary amides is 2. The van der Waals surface area contributed by atoms with Crippen LogP contribution >= 0.6 is 0 Å². The first-order valence-electron chi connectivity index (χ1n) is 13.7. The maximum atomic E-state index is 14.3. The summed E-state index contributed by atoms with van der Waals surface area (Å²) in [6.07, 6.45) is 1.25. The Bertz CT molecular complexity index is 1190. The molecular weight excluding hydrogens is 531 g/mol. The predicted octanol–water partition coefficient (Wildman–Crippen LogP) is 0.745. The van der Waals surface area contributed by atoms with Gasteiger partial charge in [-0.05, 0) is 55.3 Å². The van der Waals surface area contributed by atoms with Crippen molar-refractivity contribution in [2.45, 2.75) is 76.2 Å². The molecule has 5 rings (SSSR count). The van der Waals surface area contributed by atoms with Crippen LogP contribution in [0.15, 0.2) is 12.2 Å². The lowest BCUT2D eigenvalue weighted by molar-refractivity contribution is -0.177. The number of carbonyl (C=O) groups is 5. The van der Waals surface area contributed by atoms with Crippen LogP contribution < -0.4 is 22.1 Å². The van der Waals surface area contributed by atoms with E-state index in [1.54, 1.807) is 0 Å². The van der Waals surface area contributed by atoms with Crippen LogP contribution in [0.2, 0.25) is 0 Å². The third kappa shape index (κ3) is 4.27. The summed E-state index contributed by atoms with van der Waals surface area (Å²) in [5.74, 6) is -8.58. The minimum Gasteiger partial charge on any atom is -0.369 e. The number of nitrogens with zero attached hydrogens (tertiary/aromatic N) is 1. The largest absolute Gasteiger partial charge is 0.471 e. The number of likely N-dealkylation sites (tertiary alicyclic amines) is 1. The topological polar surface area (TPSA) is 165 Å². The van der Waals surface area contributed by atoms with Crippen LogP contribution in [0.1, 0.15) is 52.9 Å². The van der Waals surface area contributed by atoms with Gasteiger partial charge in [0.15, 0.2) is 0 Å². The van der Waals surface area contributed by atoms with Gasteiger partial charge in [-0.1, -0.05) is 32.9 Å². The smallest absolute Gasteiger partial charge is 0.369 e. The van der Waals surface area contributed by atoms with Crippen molar-refractivity contribution >= 4 is 29.5 Å². The highest BCUT2D eigenvalue weighted by Crippen LogP contribution is 2.61. The van der Waals surface area contributed by atoms with Crippen LogP contribution in [0.25, 0.3) is 0 Å². The molecule has 2 bridgehead atoms. The lowest BCUT2D eigenvalue weighted by atomic mass is 9.64. The Balaban J connectivity index is 1.59. The van der Waals surface area contributed by atoms with E-state index in [2.05, 4.69) is 5.32 Å². The summed E-state index contributed by atoms with van der Waals surface area (Å²) >= 11 is 0. The molecule has 8 atom stereocenters. The van der Waals surface area contributed by atoms with Gasteiger partial charge in [-0.15, -0.1) is 0 Å². The normalized spacial score (nSPS) is 34.9. The van der Waals surface area contributed by atoms with E-state index in [0.29, 0.717) is 12.8 Å². The van der Waals surface area contributed by atoms with Crippen molar-refractivity contribution in [2.24, 2.45) is 52.4 Å². The van der Waals surface area contributed by atoms with Crippen molar-refractivity contribution in [3.8, 4) is 0 Å². The summed E-state index contributed by atoms with van der Waals surface area (Å²) in [7, 11) is 0. The predicted molar refractivity (Wildman–Crippen MR) is 134 cm³/mol. The van der Waals surface area contributed by atoms with E-state index in [1.807, 2.05) is 17.5 Å².